The summed E-state index contributed by atoms with van der Waals surface area (Å²) in [5.41, 5.74) is 0.0731. The van der Waals surface area contributed by atoms with E-state index in [0.29, 0.717) is 10.0 Å². The molecule has 0 aromatic heterocycles. The molecule has 1 heterocycles. The van der Waals surface area contributed by atoms with Crippen LogP contribution in [0.1, 0.15) is 32.8 Å². The third kappa shape index (κ3) is 4.32. The molecule has 0 N–H and O–H groups in total. The summed E-state index contributed by atoms with van der Waals surface area (Å²) < 4.78 is 46.8. The average Bonchev–Trinajstić information content (AvgIpc) is 2.33. The zero-order valence-electron chi connectivity index (χ0n) is 12.8. The Bertz CT molecular complexity index is 628. The zero-order chi connectivity index (χ0) is 17.6. The van der Waals surface area contributed by atoms with Crippen molar-refractivity contribution in [2.45, 2.75) is 51.4 Å². The van der Waals surface area contributed by atoms with Gasteiger partial charge in [0.2, 0.25) is 0 Å². The van der Waals surface area contributed by atoms with Crippen molar-refractivity contribution in [2.75, 3.05) is 4.90 Å². The molecule has 0 bridgehead atoms. The highest BCUT2D eigenvalue weighted by Crippen LogP contribution is 2.43. The molecule has 1 aromatic rings. The van der Waals surface area contributed by atoms with Gasteiger partial charge < -0.3 is 4.74 Å². The van der Waals surface area contributed by atoms with Crippen LogP contribution in [0, 0.1) is 3.57 Å². The van der Waals surface area contributed by atoms with Gasteiger partial charge in [-0.25, -0.2) is 4.79 Å². The number of aryl methyl sites for hydroxylation is 1. The predicted octanol–water partition coefficient (Wildman–Crippen LogP) is 5.67. The number of carbonyl (C=O) groups is 1. The second-order valence-electron chi connectivity index (χ2n) is 6.34. The Balaban J connectivity index is 2.54. The number of fused-ring (bicyclic) bond motifs is 1. The van der Waals surface area contributed by atoms with Gasteiger partial charge in [0.1, 0.15) is 11.6 Å². The van der Waals surface area contributed by atoms with Crippen LogP contribution in [0.4, 0.5) is 23.7 Å². The van der Waals surface area contributed by atoms with Crippen molar-refractivity contribution >= 4 is 50.3 Å². The summed E-state index contributed by atoms with van der Waals surface area (Å²) in [6.07, 6.45) is -5.42. The van der Waals surface area contributed by atoms with Gasteiger partial charge in [0.25, 0.3) is 0 Å². The molecule has 23 heavy (non-hydrogen) atoms. The Morgan fingerprint density at radius 3 is 2.48 bits per heavy atom. The highest BCUT2D eigenvalue weighted by atomic mass is 127. The third-order valence-corrected chi connectivity index (χ3v) is 4.54. The minimum atomic E-state index is -4.52. The first kappa shape index (κ1) is 18.8. The first-order chi connectivity index (χ1) is 10.4. The third-order valence-electron chi connectivity index (χ3n) is 3.31. The molecule has 1 aliphatic rings. The lowest BCUT2D eigenvalue weighted by Gasteiger charge is -2.39. The Kier molecular flexibility index (Phi) is 5.25. The largest absolute Gasteiger partial charge is 0.443 e. The van der Waals surface area contributed by atoms with Crippen molar-refractivity contribution in [3.63, 3.8) is 0 Å². The van der Waals surface area contributed by atoms with Crippen molar-refractivity contribution in [3.8, 4) is 0 Å². The lowest BCUT2D eigenvalue weighted by Crippen LogP contribution is -2.53. The number of benzene rings is 1. The minimum absolute atomic E-state index is 0.178. The van der Waals surface area contributed by atoms with E-state index in [-0.39, 0.29) is 18.5 Å². The van der Waals surface area contributed by atoms with E-state index in [1.54, 1.807) is 32.9 Å². The van der Waals surface area contributed by atoms with Crippen molar-refractivity contribution in [3.05, 3.63) is 25.7 Å². The number of alkyl halides is 3. The van der Waals surface area contributed by atoms with Gasteiger partial charge in [-0.1, -0.05) is 0 Å². The van der Waals surface area contributed by atoms with Crippen LogP contribution < -0.4 is 4.90 Å². The van der Waals surface area contributed by atoms with E-state index in [0.717, 1.165) is 8.47 Å². The molecule has 1 aromatic carbocycles. The molecule has 0 spiro atoms. The number of hydrogen-bond acceptors (Lipinski definition) is 2. The van der Waals surface area contributed by atoms with Crippen LogP contribution in [0.5, 0.6) is 0 Å². The average molecular weight is 506 g/mol. The number of rotatable bonds is 0. The number of hydrogen-bond donors (Lipinski definition) is 0. The fraction of sp³-hybridized carbons (Fsp3) is 0.533. The van der Waals surface area contributed by atoms with E-state index in [4.69, 9.17) is 4.74 Å². The highest BCUT2D eigenvalue weighted by molar-refractivity contribution is 14.1. The standard InChI is InChI=1S/C15H16BrF3INO2/c1-14(2,3)23-13(22)21-11(15(17,18)19)5-4-8-6-9(20)7-10(16)12(8)21/h6-7,11H,4-5H2,1-3H3. The van der Waals surface area contributed by atoms with Crippen molar-refractivity contribution in [1.82, 2.24) is 0 Å². The summed E-state index contributed by atoms with van der Waals surface area (Å²) in [6, 6.07) is 1.60. The van der Waals surface area contributed by atoms with Gasteiger partial charge in [-0.2, -0.15) is 13.2 Å². The van der Waals surface area contributed by atoms with Gasteiger partial charge in [-0.15, -0.1) is 0 Å². The molecule has 0 aliphatic carbocycles. The van der Waals surface area contributed by atoms with Crippen LogP contribution in [0.15, 0.2) is 16.6 Å². The molecular weight excluding hydrogens is 490 g/mol. The van der Waals surface area contributed by atoms with E-state index in [1.165, 1.54) is 0 Å². The van der Waals surface area contributed by atoms with Gasteiger partial charge in [0, 0.05) is 8.04 Å². The van der Waals surface area contributed by atoms with E-state index in [2.05, 4.69) is 38.5 Å². The monoisotopic (exact) mass is 505 g/mol. The molecule has 0 saturated heterocycles. The normalized spacial score (nSPS) is 18.6. The van der Waals surface area contributed by atoms with Crippen LogP contribution in [-0.2, 0) is 11.2 Å². The summed E-state index contributed by atoms with van der Waals surface area (Å²) >= 11 is 5.39. The van der Waals surface area contributed by atoms with Crippen molar-refractivity contribution in [1.29, 1.82) is 0 Å². The fourth-order valence-electron chi connectivity index (χ4n) is 2.50. The quantitative estimate of drug-likeness (QED) is 0.425. The van der Waals surface area contributed by atoms with Gasteiger partial charge in [0.05, 0.1) is 5.69 Å². The number of carbonyl (C=O) groups excluding carboxylic acids is 1. The lowest BCUT2D eigenvalue weighted by molar-refractivity contribution is -0.150. The number of halogens is 5. The number of anilines is 1. The summed E-state index contributed by atoms with van der Waals surface area (Å²) in [5, 5.41) is 0. The first-order valence-corrected chi connectivity index (χ1v) is 8.84. The lowest BCUT2D eigenvalue weighted by atomic mass is 9.95. The van der Waals surface area contributed by atoms with Gasteiger partial charge in [0.15, 0.2) is 0 Å². The molecule has 2 rings (SSSR count). The number of ether oxygens (including phenoxy) is 1. The maximum absolute atomic E-state index is 13.4. The zero-order valence-corrected chi connectivity index (χ0v) is 16.5. The van der Waals surface area contributed by atoms with E-state index < -0.39 is 23.9 Å². The maximum atomic E-state index is 13.4. The molecule has 3 nitrogen and oxygen atoms in total. The Morgan fingerprint density at radius 2 is 1.96 bits per heavy atom. The van der Waals surface area contributed by atoms with Gasteiger partial charge in [-0.05, 0) is 89.8 Å². The molecule has 1 atom stereocenters. The summed E-state index contributed by atoms with van der Waals surface area (Å²) in [6.45, 7) is 4.88. The molecule has 1 aliphatic heterocycles. The SMILES string of the molecule is CC(C)(C)OC(=O)N1c2c(Br)cc(I)cc2CCC1C(F)(F)F. The predicted molar refractivity (Wildman–Crippen MR) is 93.7 cm³/mol. The number of nitrogens with zero attached hydrogens (tertiary/aromatic N) is 1. The fourth-order valence-corrected chi connectivity index (χ4v) is 4.30. The molecule has 8 heteroatoms. The smallest absolute Gasteiger partial charge is 0.415 e. The van der Waals surface area contributed by atoms with Crippen molar-refractivity contribution in [2.24, 2.45) is 0 Å². The topological polar surface area (TPSA) is 29.5 Å². The molecule has 1 amide bonds. The van der Waals surface area contributed by atoms with Crippen LogP contribution >= 0.6 is 38.5 Å². The van der Waals surface area contributed by atoms with Crippen LogP contribution in [-0.4, -0.2) is 23.9 Å². The summed E-state index contributed by atoms with van der Waals surface area (Å²) in [7, 11) is 0. The molecular formula is C15H16BrF3INO2. The summed E-state index contributed by atoms with van der Waals surface area (Å²) in [5.74, 6) is 0. The second-order valence-corrected chi connectivity index (χ2v) is 8.44. The number of amides is 1. The second kappa shape index (κ2) is 6.42. The summed E-state index contributed by atoms with van der Waals surface area (Å²) in [4.78, 5) is 13.2. The van der Waals surface area contributed by atoms with E-state index >= 15 is 0 Å². The minimum Gasteiger partial charge on any atom is -0.443 e. The van der Waals surface area contributed by atoms with Gasteiger partial charge >= 0.3 is 12.3 Å². The molecule has 0 radical (unpaired) electrons. The van der Waals surface area contributed by atoms with Crippen molar-refractivity contribution < 1.29 is 22.7 Å². The van der Waals surface area contributed by atoms with Crippen LogP contribution in [0.2, 0.25) is 0 Å². The maximum Gasteiger partial charge on any atom is 0.415 e. The Morgan fingerprint density at radius 1 is 1.35 bits per heavy atom. The first-order valence-electron chi connectivity index (χ1n) is 6.97. The van der Waals surface area contributed by atoms with Gasteiger partial charge in [-0.3, -0.25) is 4.90 Å². The van der Waals surface area contributed by atoms with E-state index in [1.807, 2.05) is 0 Å². The van der Waals surface area contributed by atoms with Crippen LogP contribution in [0.25, 0.3) is 0 Å². The van der Waals surface area contributed by atoms with Crippen LogP contribution in [0.3, 0.4) is 0 Å². The Hall–Kier alpha value is -0.510. The molecule has 0 saturated carbocycles. The Labute approximate surface area is 154 Å². The molecule has 0 fully saturated rings. The highest BCUT2D eigenvalue weighted by Gasteiger charge is 2.49. The van der Waals surface area contributed by atoms with E-state index in [9.17, 15) is 18.0 Å². The molecule has 128 valence electrons. The molecule has 1 unspecified atom stereocenters.